The Kier molecular flexibility index (Phi) is 3.08. The SMILES string of the molecule is Clc1ccc2c(c1)cc(-c1nc3ccccc3o1)n2-c1ncccn1. The van der Waals surface area contributed by atoms with Crippen LogP contribution >= 0.6 is 11.6 Å². The van der Waals surface area contributed by atoms with Crippen molar-refractivity contribution in [2.24, 2.45) is 0 Å². The van der Waals surface area contributed by atoms with Gasteiger partial charge >= 0.3 is 0 Å². The van der Waals surface area contributed by atoms with Crippen LogP contribution in [0.3, 0.4) is 0 Å². The molecular weight excluding hydrogens is 336 g/mol. The topological polar surface area (TPSA) is 56.7 Å². The molecule has 3 aromatic heterocycles. The minimum Gasteiger partial charge on any atom is -0.435 e. The quantitative estimate of drug-likeness (QED) is 0.457. The van der Waals surface area contributed by atoms with Gasteiger partial charge in [-0.2, -0.15) is 0 Å². The summed E-state index contributed by atoms with van der Waals surface area (Å²) in [6.07, 6.45) is 3.42. The monoisotopic (exact) mass is 346 g/mol. The van der Waals surface area contributed by atoms with Gasteiger partial charge in [-0.25, -0.2) is 15.0 Å². The Morgan fingerprint density at radius 2 is 1.76 bits per heavy atom. The molecule has 0 aliphatic carbocycles. The Morgan fingerprint density at radius 1 is 0.920 bits per heavy atom. The maximum atomic E-state index is 6.16. The molecule has 6 heteroatoms. The summed E-state index contributed by atoms with van der Waals surface area (Å²) in [5.74, 6) is 1.07. The summed E-state index contributed by atoms with van der Waals surface area (Å²) in [5.41, 5.74) is 3.26. The van der Waals surface area contributed by atoms with Crippen molar-refractivity contribution in [2.75, 3.05) is 0 Å². The van der Waals surface area contributed by atoms with Gasteiger partial charge in [0.15, 0.2) is 5.58 Å². The highest BCUT2D eigenvalue weighted by molar-refractivity contribution is 6.31. The molecule has 5 aromatic rings. The lowest BCUT2D eigenvalue weighted by Crippen LogP contribution is -2.01. The smallest absolute Gasteiger partial charge is 0.244 e. The lowest BCUT2D eigenvalue weighted by molar-refractivity contribution is 0.614. The Labute approximate surface area is 147 Å². The minimum atomic E-state index is 0.515. The molecule has 120 valence electrons. The van der Waals surface area contributed by atoms with Crippen molar-refractivity contribution in [1.82, 2.24) is 19.5 Å². The summed E-state index contributed by atoms with van der Waals surface area (Å²) >= 11 is 6.16. The molecule has 0 saturated heterocycles. The van der Waals surface area contributed by atoms with Crippen molar-refractivity contribution < 1.29 is 4.42 Å². The van der Waals surface area contributed by atoms with E-state index >= 15 is 0 Å². The van der Waals surface area contributed by atoms with E-state index in [1.807, 2.05) is 53.1 Å². The van der Waals surface area contributed by atoms with E-state index in [9.17, 15) is 0 Å². The van der Waals surface area contributed by atoms with E-state index in [1.54, 1.807) is 18.5 Å². The van der Waals surface area contributed by atoms with Crippen LogP contribution in [0.4, 0.5) is 0 Å². The summed E-state index contributed by atoms with van der Waals surface area (Å²) < 4.78 is 7.88. The fourth-order valence-corrected chi connectivity index (χ4v) is 3.13. The second-order valence-electron chi connectivity index (χ2n) is 5.60. The first-order valence-corrected chi connectivity index (χ1v) is 8.12. The molecule has 0 N–H and O–H groups in total. The number of fused-ring (bicyclic) bond motifs is 2. The number of benzene rings is 2. The molecule has 0 atom stereocenters. The van der Waals surface area contributed by atoms with Crippen molar-refractivity contribution in [3.63, 3.8) is 0 Å². The van der Waals surface area contributed by atoms with Gasteiger partial charge in [0.25, 0.3) is 0 Å². The third-order valence-corrected chi connectivity index (χ3v) is 4.26. The first kappa shape index (κ1) is 14.2. The number of rotatable bonds is 2. The molecule has 5 rings (SSSR count). The predicted molar refractivity (Wildman–Crippen MR) is 96.9 cm³/mol. The first-order chi connectivity index (χ1) is 12.3. The molecule has 5 nitrogen and oxygen atoms in total. The van der Waals surface area contributed by atoms with Crippen LogP contribution in [-0.2, 0) is 0 Å². The first-order valence-electron chi connectivity index (χ1n) is 7.74. The number of hydrogen-bond acceptors (Lipinski definition) is 4. The second kappa shape index (κ2) is 5.43. The minimum absolute atomic E-state index is 0.515. The van der Waals surface area contributed by atoms with Crippen molar-refractivity contribution in [1.29, 1.82) is 0 Å². The van der Waals surface area contributed by atoms with Crippen LogP contribution in [0.5, 0.6) is 0 Å². The highest BCUT2D eigenvalue weighted by Gasteiger charge is 2.18. The molecule has 0 radical (unpaired) electrons. The number of halogens is 1. The standard InChI is InChI=1S/C19H11ClN4O/c20-13-6-7-15-12(10-13)11-16(24(15)19-21-8-3-9-22-19)18-23-14-4-1-2-5-17(14)25-18/h1-11H. The van der Waals surface area contributed by atoms with E-state index in [2.05, 4.69) is 15.0 Å². The highest BCUT2D eigenvalue weighted by Crippen LogP contribution is 2.32. The average molecular weight is 347 g/mol. The molecule has 0 aliphatic heterocycles. The molecule has 2 aromatic carbocycles. The van der Waals surface area contributed by atoms with Crippen LogP contribution in [0.15, 0.2) is 71.4 Å². The van der Waals surface area contributed by atoms with Crippen LogP contribution in [-0.4, -0.2) is 19.5 Å². The van der Waals surface area contributed by atoms with Crippen molar-refractivity contribution in [3.05, 3.63) is 72.0 Å². The number of nitrogens with zero attached hydrogens (tertiary/aromatic N) is 4. The third-order valence-electron chi connectivity index (χ3n) is 4.03. The van der Waals surface area contributed by atoms with Gasteiger partial charge in [-0.05, 0) is 42.5 Å². The summed E-state index contributed by atoms with van der Waals surface area (Å²) in [4.78, 5) is 13.4. The van der Waals surface area contributed by atoms with Gasteiger partial charge in [0.05, 0.1) is 5.52 Å². The number of oxazole rings is 1. The fourth-order valence-electron chi connectivity index (χ4n) is 2.95. The Balaban J connectivity index is 1.85. The molecule has 0 fully saturated rings. The van der Waals surface area contributed by atoms with E-state index in [4.69, 9.17) is 16.0 Å². The van der Waals surface area contributed by atoms with Gasteiger partial charge in [-0.1, -0.05) is 23.7 Å². The lowest BCUT2D eigenvalue weighted by Gasteiger charge is -2.06. The summed E-state index contributed by atoms with van der Waals surface area (Å²) in [5, 5.41) is 1.64. The molecule has 3 heterocycles. The van der Waals surface area contributed by atoms with Crippen LogP contribution < -0.4 is 0 Å². The summed E-state index contributed by atoms with van der Waals surface area (Å²) in [6, 6.07) is 17.1. The maximum absolute atomic E-state index is 6.16. The van der Waals surface area contributed by atoms with Crippen molar-refractivity contribution in [3.8, 4) is 17.5 Å². The van der Waals surface area contributed by atoms with Gasteiger partial charge in [-0.15, -0.1) is 0 Å². The van der Waals surface area contributed by atoms with Gasteiger partial charge in [0, 0.05) is 22.8 Å². The Morgan fingerprint density at radius 3 is 2.60 bits per heavy atom. The molecule has 25 heavy (non-hydrogen) atoms. The fraction of sp³-hybridized carbons (Fsp3) is 0. The summed E-state index contributed by atoms with van der Waals surface area (Å²) in [7, 11) is 0. The summed E-state index contributed by atoms with van der Waals surface area (Å²) in [6.45, 7) is 0. The van der Waals surface area contributed by atoms with Gasteiger partial charge in [0.2, 0.25) is 11.8 Å². The zero-order chi connectivity index (χ0) is 16.8. The zero-order valence-electron chi connectivity index (χ0n) is 12.9. The lowest BCUT2D eigenvalue weighted by atomic mass is 10.2. The average Bonchev–Trinajstić information content (AvgIpc) is 3.23. The van der Waals surface area contributed by atoms with Gasteiger partial charge in [-0.3, -0.25) is 4.57 Å². The highest BCUT2D eigenvalue weighted by atomic mass is 35.5. The molecule has 0 aliphatic rings. The molecule has 0 spiro atoms. The van der Waals surface area contributed by atoms with E-state index in [0.29, 0.717) is 16.9 Å². The van der Waals surface area contributed by atoms with E-state index < -0.39 is 0 Å². The second-order valence-corrected chi connectivity index (χ2v) is 6.04. The molecular formula is C19H11ClN4O. The number of hydrogen-bond donors (Lipinski definition) is 0. The maximum Gasteiger partial charge on any atom is 0.244 e. The van der Waals surface area contributed by atoms with Gasteiger partial charge < -0.3 is 4.42 Å². The Hall–Kier alpha value is -3.18. The zero-order valence-corrected chi connectivity index (χ0v) is 13.7. The van der Waals surface area contributed by atoms with Crippen LogP contribution in [0, 0.1) is 0 Å². The molecule has 0 saturated carbocycles. The van der Waals surface area contributed by atoms with Gasteiger partial charge in [0.1, 0.15) is 11.2 Å². The molecule has 0 bridgehead atoms. The molecule has 0 amide bonds. The number of aromatic nitrogens is 4. The van der Waals surface area contributed by atoms with Crippen molar-refractivity contribution in [2.45, 2.75) is 0 Å². The third kappa shape index (κ3) is 2.28. The normalized spacial score (nSPS) is 11.4. The van der Waals surface area contributed by atoms with Crippen molar-refractivity contribution >= 4 is 33.6 Å². The largest absolute Gasteiger partial charge is 0.435 e. The van der Waals surface area contributed by atoms with E-state index in [1.165, 1.54) is 0 Å². The molecule has 0 unspecified atom stereocenters. The van der Waals surface area contributed by atoms with E-state index in [-0.39, 0.29) is 0 Å². The van der Waals surface area contributed by atoms with Crippen LogP contribution in [0.25, 0.3) is 39.5 Å². The van der Waals surface area contributed by atoms with Crippen LogP contribution in [0.2, 0.25) is 5.02 Å². The Bertz CT molecular complexity index is 1180. The van der Waals surface area contributed by atoms with Crippen LogP contribution in [0.1, 0.15) is 0 Å². The van der Waals surface area contributed by atoms with E-state index in [0.717, 1.165) is 27.7 Å². The number of para-hydroxylation sites is 2. The predicted octanol–water partition coefficient (Wildman–Crippen LogP) is 4.88.